The number of benzene rings is 3. The first-order valence-electron chi connectivity index (χ1n) is 8.92. The zero-order valence-corrected chi connectivity index (χ0v) is 14.8. The molecule has 0 radical (unpaired) electrons. The van der Waals surface area contributed by atoms with E-state index in [-0.39, 0.29) is 0 Å². The van der Waals surface area contributed by atoms with E-state index in [1.807, 2.05) is 0 Å². The van der Waals surface area contributed by atoms with Crippen LogP contribution in [0, 0.1) is 0 Å². The highest BCUT2D eigenvalue weighted by molar-refractivity contribution is 5.79. The number of para-hydroxylation sites is 1. The van der Waals surface area contributed by atoms with Crippen LogP contribution in [0.25, 0.3) is 5.57 Å². The van der Waals surface area contributed by atoms with Gasteiger partial charge in [-0.2, -0.15) is 0 Å². The van der Waals surface area contributed by atoms with Gasteiger partial charge in [-0.25, -0.2) is 0 Å². The molecule has 0 unspecified atom stereocenters. The average Bonchev–Trinajstić information content (AvgIpc) is 2.70. The van der Waals surface area contributed by atoms with Gasteiger partial charge in [-0.1, -0.05) is 84.9 Å². The molecule has 0 aliphatic rings. The van der Waals surface area contributed by atoms with Crippen molar-refractivity contribution in [3.05, 3.63) is 108 Å². The molecule has 0 N–H and O–H groups in total. The van der Waals surface area contributed by atoms with Crippen LogP contribution in [-0.2, 0) is 0 Å². The highest BCUT2D eigenvalue weighted by Crippen LogP contribution is 2.24. The van der Waals surface area contributed by atoms with Crippen LogP contribution in [-0.4, -0.2) is 13.6 Å². The quantitative estimate of drug-likeness (QED) is 0.479. The smallest absolute Gasteiger partial charge is 0.0363 e. The Labute approximate surface area is 151 Å². The van der Waals surface area contributed by atoms with Crippen molar-refractivity contribution in [2.45, 2.75) is 12.8 Å². The maximum absolute atomic E-state index is 2.38. The van der Waals surface area contributed by atoms with Crippen molar-refractivity contribution in [1.82, 2.24) is 0 Å². The molecule has 1 nitrogen and oxygen atoms in total. The van der Waals surface area contributed by atoms with Gasteiger partial charge in [0.25, 0.3) is 0 Å². The monoisotopic (exact) mass is 327 g/mol. The zero-order chi connectivity index (χ0) is 17.3. The molecular weight excluding hydrogens is 302 g/mol. The summed E-state index contributed by atoms with van der Waals surface area (Å²) in [7, 11) is 2.16. The number of unbranched alkanes of at least 4 members (excludes halogenated alkanes) is 1. The summed E-state index contributed by atoms with van der Waals surface area (Å²) in [5.74, 6) is 0. The molecule has 0 saturated carbocycles. The lowest BCUT2D eigenvalue weighted by Gasteiger charge is -2.18. The molecule has 0 amide bonds. The summed E-state index contributed by atoms with van der Waals surface area (Å²) in [4.78, 5) is 2.32. The van der Waals surface area contributed by atoms with Crippen LogP contribution in [0.2, 0.25) is 0 Å². The summed E-state index contributed by atoms with van der Waals surface area (Å²) < 4.78 is 0. The second-order valence-electron chi connectivity index (χ2n) is 6.25. The Morgan fingerprint density at radius 1 is 0.720 bits per heavy atom. The normalized spacial score (nSPS) is 10.3. The van der Waals surface area contributed by atoms with Crippen molar-refractivity contribution in [3.8, 4) is 0 Å². The van der Waals surface area contributed by atoms with Crippen LogP contribution in [0.15, 0.2) is 97.1 Å². The van der Waals surface area contributed by atoms with Gasteiger partial charge in [0.15, 0.2) is 0 Å². The fraction of sp³-hybridized carbons (Fsp3) is 0.167. The van der Waals surface area contributed by atoms with Crippen molar-refractivity contribution in [3.63, 3.8) is 0 Å². The van der Waals surface area contributed by atoms with Crippen LogP contribution in [0.5, 0.6) is 0 Å². The van der Waals surface area contributed by atoms with E-state index in [1.54, 1.807) is 0 Å². The number of allylic oxidation sites excluding steroid dienone is 1. The zero-order valence-electron chi connectivity index (χ0n) is 14.8. The van der Waals surface area contributed by atoms with Gasteiger partial charge in [0.2, 0.25) is 0 Å². The summed E-state index contributed by atoms with van der Waals surface area (Å²) in [5, 5.41) is 0. The summed E-state index contributed by atoms with van der Waals surface area (Å²) in [6, 6.07) is 31.9. The minimum atomic E-state index is 1.05. The molecule has 25 heavy (non-hydrogen) atoms. The molecule has 1 heteroatoms. The molecule has 0 bridgehead atoms. The van der Waals surface area contributed by atoms with Crippen LogP contribution in [0.4, 0.5) is 5.69 Å². The van der Waals surface area contributed by atoms with E-state index >= 15 is 0 Å². The van der Waals surface area contributed by atoms with Crippen molar-refractivity contribution in [1.29, 1.82) is 0 Å². The number of rotatable bonds is 7. The van der Waals surface area contributed by atoms with E-state index in [1.165, 1.54) is 22.4 Å². The van der Waals surface area contributed by atoms with E-state index in [2.05, 4.69) is 109 Å². The molecule has 3 aromatic rings. The lowest BCUT2D eigenvalue weighted by atomic mass is 9.96. The fourth-order valence-electron chi connectivity index (χ4n) is 3.02. The standard InChI is InChI=1S/C24H25N/c1-25(23-17-9-4-10-18-23)20-12-11-19-24(21-13-5-2-6-14-21)22-15-7-3-8-16-22/h2-10,13-19H,11-12,20H2,1H3. The van der Waals surface area contributed by atoms with E-state index in [0.717, 1.165) is 19.4 Å². The maximum atomic E-state index is 2.38. The Morgan fingerprint density at radius 2 is 1.20 bits per heavy atom. The Bertz CT molecular complexity index is 735. The van der Waals surface area contributed by atoms with E-state index in [9.17, 15) is 0 Å². The van der Waals surface area contributed by atoms with Gasteiger partial charge in [0, 0.05) is 19.3 Å². The Morgan fingerprint density at radius 3 is 1.72 bits per heavy atom. The molecule has 126 valence electrons. The molecule has 0 aliphatic heterocycles. The third-order valence-electron chi connectivity index (χ3n) is 4.41. The summed E-state index contributed by atoms with van der Waals surface area (Å²) in [6.45, 7) is 1.05. The second-order valence-corrected chi connectivity index (χ2v) is 6.25. The maximum Gasteiger partial charge on any atom is 0.0363 e. The lowest BCUT2D eigenvalue weighted by molar-refractivity contribution is 0.802. The topological polar surface area (TPSA) is 3.24 Å². The molecule has 0 spiro atoms. The summed E-state index contributed by atoms with van der Waals surface area (Å²) >= 11 is 0. The lowest BCUT2D eigenvalue weighted by Crippen LogP contribution is -2.17. The SMILES string of the molecule is CN(CCCC=C(c1ccccc1)c1ccccc1)c1ccccc1. The third kappa shape index (κ3) is 4.84. The van der Waals surface area contributed by atoms with Crippen molar-refractivity contribution < 1.29 is 0 Å². The first-order valence-corrected chi connectivity index (χ1v) is 8.92. The predicted octanol–water partition coefficient (Wildman–Crippen LogP) is 6.03. The van der Waals surface area contributed by atoms with Gasteiger partial charge < -0.3 is 4.90 Å². The first-order chi connectivity index (χ1) is 12.3. The predicted molar refractivity (Wildman–Crippen MR) is 109 cm³/mol. The number of hydrogen-bond donors (Lipinski definition) is 0. The van der Waals surface area contributed by atoms with Crippen molar-refractivity contribution in [2.75, 3.05) is 18.5 Å². The highest BCUT2D eigenvalue weighted by Gasteiger charge is 2.04. The minimum absolute atomic E-state index is 1.05. The molecule has 0 aliphatic carbocycles. The van der Waals surface area contributed by atoms with Crippen LogP contribution >= 0.6 is 0 Å². The van der Waals surface area contributed by atoms with Gasteiger partial charge in [0.1, 0.15) is 0 Å². The Balaban J connectivity index is 1.68. The van der Waals surface area contributed by atoms with E-state index in [4.69, 9.17) is 0 Å². The van der Waals surface area contributed by atoms with Crippen LogP contribution in [0.1, 0.15) is 24.0 Å². The second kappa shape index (κ2) is 8.89. The molecule has 0 fully saturated rings. The number of hydrogen-bond acceptors (Lipinski definition) is 1. The molecular formula is C24H25N. The molecule has 0 saturated heterocycles. The van der Waals surface area contributed by atoms with Gasteiger partial charge in [0.05, 0.1) is 0 Å². The summed E-state index contributed by atoms with van der Waals surface area (Å²) in [6.07, 6.45) is 4.58. The van der Waals surface area contributed by atoms with E-state index in [0.29, 0.717) is 0 Å². The molecule has 0 heterocycles. The molecule has 0 aromatic heterocycles. The number of nitrogens with zero attached hydrogens (tertiary/aromatic N) is 1. The highest BCUT2D eigenvalue weighted by atomic mass is 15.1. The summed E-state index contributed by atoms with van der Waals surface area (Å²) in [5.41, 5.74) is 5.16. The Hall–Kier alpha value is -2.80. The fourth-order valence-corrected chi connectivity index (χ4v) is 3.02. The van der Waals surface area contributed by atoms with Gasteiger partial charge in [-0.05, 0) is 41.7 Å². The van der Waals surface area contributed by atoms with E-state index < -0.39 is 0 Å². The van der Waals surface area contributed by atoms with Crippen molar-refractivity contribution in [2.24, 2.45) is 0 Å². The average molecular weight is 327 g/mol. The third-order valence-corrected chi connectivity index (χ3v) is 4.41. The molecule has 3 rings (SSSR count). The largest absolute Gasteiger partial charge is 0.375 e. The Kier molecular flexibility index (Phi) is 6.06. The van der Waals surface area contributed by atoms with Crippen molar-refractivity contribution >= 4 is 11.3 Å². The molecule has 3 aromatic carbocycles. The van der Waals surface area contributed by atoms with Gasteiger partial charge in [-0.3, -0.25) is 0 Å². The van der Waals surface area contributed by atoms with Crippen LogP contribution < -0.4 is 4.90 Å². The minimum Gasteiger partial charge on any atom is -0.375 e. The number of anilines is 1. The van der Waals surface area contributed by atoms with Crippen LogP contribution in [0.3, 0.4) is 0 Å². The van der Waals surface area contributed by atoms with Gasteiger partial charge >= 0.3 is 0 Å². The first kappa shape index (κ1) is 17.0. The van der Waals surface area contributed by atoms with Gasteiger partial charge in [-0.15, -0.1) is 0 Å². The molecule has 0 atom stereocenters.